The predicted molar refractivity (Wildman–Crippen MR) is 227 cm³/mol. The number of aryl methyl sites for hydroxylation is 1. The molecule has 0 radical (unpaired) electrons. The molecule has 0 saturated heterocycles. The van der Waals surface area contributed by atoms with E-state index in [1.165, 1.54) is 92.8 Å². The second-order valence-corrected chi connectivity index (χ2v) is 14.3. The molecule has 0 aliphatic carbocycles. The topological polar surface area (TPSA) is 30.2 Å². The lowest BCUT2D eigenvalue weighted by molar-refractivity contribution is 1.11. The van der Waals surface area contributed by atoms with Crippen molar-refractivity contribution in [1.29, 1.82) is 0 Å². The lowest BCUT2D eigenvalue weighted by atomic mass is 9.88. The van der Waals surface area contributed by atoms with E-state index in [0.29, 0.717) is 5.78 Å². The average molecular weight is 688 g/mol. The number of nitrogens with zero attached hydrogens (tertiary/aromatic N) is 3. The van der Waals surface area contributed by atoms with Crippen molar-refractivity contribution in [3.8, 4) is 44.6 Å². The quantitative estimate of drug-likeness (QED) is 0.172. The number of aromatic nitrogens is 3. The average Bonchev–Trinajstić information content (AvgIpc) is 3.67. The Bertz CT molecular complexity index is 3250. The summed E-state index contributed by atoms with van der Waals surface area (Å²) in [5.41, 5.74) is 10.7. The van der Waals surface area contributed by atoms with Gasteiger partial charge in [-0.05, 0) is 112 Å². The van der Waals surface area contributed by atoms with Gasteiger partial charge in [0.25, 0.3) is 0 Å². The number of benzene rings is 9. The smallest absolute Gasteiger partial charge is 0.234 e. The van der Waals surface area contributed by atoms with Crippen molar-refractivity contribution in [2.45, 2.75) is 6.92 Å². The van der Waals surface area contributed by atoms with Gasteiger partial charge in [-0.1, -0.05) is 152 Å². The molecule has 0 N–H and O–H groups in total. The van der Waals surface area contributed by atoms with Gasteiger partial charge in [0.05, 0.1) is 5.69 Å². The van der Waals surface area contributed by atoms with Crippen LogP contribution >= 0.6 is 0 Å². The minimum atomic E-state index is 0.701. The molecule has 9 aromatic carbocycles. The zero-order chi connectivity index (χ0) is 35.8. The van der Waals surface area contributed by atoms with Crippen LogP contribution in [0.15, 0.2) is 182 Å². The molecule has 3 heteroatoms. The van der Waals surface area contributed by atoms with Crippen LogP contribution in [0.4, 0.5) is 0 Å². The second-order valence-electron chi connectivity index (χ2n) is 14.3. The highest BCUT2D eigenvalue weighted by atomic mass is 15.1. The standard InChI is InChI=1S/C51H33N3/c1-32-8-4-9-35-20-21-37-11-6-15-46(50(37)48(32)35)45-14-5-10-36-22-23-39-30-38(24-25-41(39)49(36)45)33-16-18-34(19-17-33)40-26-27-44(43-13-3-2-12-42(40)43)47-31-54-29-7-28-52-51(54)53-47/h2-31H,1H3. The van der Waals surface area contributed by atoms with Crippen molar-refractivity contribution in [2.75, 3.05) is 0 Å². The molecule has 0 unspecified atom stereocenters. The summed E-state index contributed by atoms with van der Waals surface area (Å²) >= 11 is 0. The SMILES string of the molecule is Cc1cccc2ccc3cccc(-c4cccc5ccc6cc(-c7ccc(-c8ccc(-c9cn%10cccnc%10n9)c9ccccc89)cc7)ccc6c45)c3c12. The fourth-order valence-electron chi connectivity index (χ4n) is 8.66. The van der Waals surface area contributed by atoms with Gasteiger partial charge in [-0.3, -0.25) is 4.40 Å². The summed E-state index contributed by atoms with van der Waals surface area (Å²) in [5, 5.41) is 12.6. The fourth-order valence-corrected chi connectivity index (χ4v) is 8.66. The maximum atomic E-state index is 4.82. The van der Waals surface area contributed by atoms with E-state index in [0.717, 1.165) is 11.3 Å². The summed E-state index contributed by atoms with van der Waals surface area (Å²) in [4.78, 5) is 9.24. The number of imidazole rings is 1. The van der Waals surface area contributed by atoms with Gasteiger partial charge >= 0.3 is 0 Å². The first kappa shape index (κ1) is 30.5. The number of rotatable bonds is 4. The molecule has 2 heterocycles. The Labute approximate surface area is 312 Å². The Hall–Kier alpha value is -7.10. The monoisotopic (exact) mass is 687 g/mol. The highest BCUT2D eigenvalue weighted by Crippen LogP contribution is 2.42. The lowest BCUT2D eigenvalue weighted by Crippen LogP contribution is -1.89. The third-order valence-corrected chi connectivity index (χ3v) is 11.2. The van der Waals surface area contributed by atoms with Crippen molar-refractivity contribution in [3.63, 3.8) is 0 Å². The molecule has 0 bridgehead atoms. The van der Waals surface area contributed by atoms with Crippen LogP contribution in [-0.4, -0.2) is 14.4 Å². The van der Waals surface area contributed by atoms with E-state index in [4.69, 9.17) is 4.98 Å². The largest absolute Gasteiger partial charge is 0.291 e. The van der Waals surface area contributed by atoms with Crippen molar-refractivity contribution in [1.82, 2.24) is 14.4 Å². The Morgan fingerprint density at radius 3 is 1.83 bits per heavy atom. The van der Waals surface area contributed by atoms with E-state index in [1.54, 1.807) is 6.20 Å². The summed E-state index contributed by atoms with van der Waals surface area (Å²) < 4.78 is 1.97. The molecule has 11 aromatic rings. The van der Waals surface area contributed by atoms with E-state index in [9.17, 15) is 0 Å². The molecular weight excluding hydrogens is 655 g/mol. The van der Waals surface area contributed by atoms with Crippen molar-refractivity contribution in [2.24, 2.45) is 0 Å². The highest BCUT2D eigenvalue weighted by molar-refractivity contribution is 6.21. The molecule has 252 valence electrons. The molecule has 0 aliphatic rings. The minimum Gasteiger partial charge on any atom is -0.291 e. The van der Waals surface area contributed by atoms with Crippen LogP contribution in [0.2, 0.25) is 0 Å². The Balaban J connectivity index is 0.997. The first-order valence-electron chi connectivity index (χ1n) is 18.5. The van der Waals surface area contributed by atoms with Crippen LogP contribution < -0.4 is 0 Å². The predicted octanol–water partition coefficient (Wildman–Crippen LogP) is 13.5. The molecule has 0 amide bonds. The number of hydrogen-bond donors (Lipinski definition) is 0. The van der Waals surface area contributed by atoms with E-state index in [-0.39, 0.29) is 0 Å². The zero-order valence-corrected chi connectivity index (χ0v) is 29.7. The fraction of sp³-hybridized carbons (Fsp3) is 0.0196. The van der Waals surface area contributed by atoms with Crippen LogP contribution in [-0.2, 0) is 0 Å². The van der Waals surface area contributed by atoms with E-state index >= 15 is 0 Å². The molecule has 2 aromatic heterocycles. The van der Waals surface area contributed by atoms with E-state index in [2.05, 4.69) is 176 Å². The van der Waals surface area contributed by atoms with Crippen molar-refractivity contribution >= 4 is 59.6 Å². The van der Waals surface area contributed by atoms with E-state index in [1.807, 2.05) is 16.7 Å². The summed E-state index contributed by atoms with van der Waals surface area (Å²) in [6, 6.07) is 60.1. The second kappa shape index (κ2) is 12.0. The van der Waals surface area contributed by atoms with Gasteiger partial charge in [0.1, 0.15) is 0 Å². The molecule has 0 saturated carbocycles. The zero-order valence-electron chi connectivity index (χ0n) is 29.7. The third kappa shape index (κ3) is 4.76. The minimum absolute atomic E-state index is 0.701. The maximum Gasteiger partial charge on any atom is 0.234 e. The third-order valence-electron chi connectivity index (χ3n) is 11.2. The van der Waals surface area contributed by atoms with Gasteiger partial charge in [0.2, 0.25) is 5.78 Å². The van der Waals surface area contributed by atoms with Gasteiger partial charge in [-0.15, -0.1) is 0 Å². The summed E-state index contributed by atoms with van der Waals surface area (Å²) in [5.74, 6) is 0.701. The van der Waals surface area contributed by atoms with Crippen LogP contribution in [0.1, 0.15) is 5.56 Å². The Morgan fingerprint density at radius 2 is 1.06 bits per heavy atom. The molecule has 0 aliphatic heterocycles. The lowest BCUT2D eigenvalue weighted by Gasteiger charge is -2.16. The van der Waals surface area contributed by atoms with Crippen molar-refractivity contribution in [3.05, 3.63) is 188 Å². The Morgan fingerprint density at radius 1 is 0.426 bits per heavy atom. The Kier molecular flexibility index (Phi) is 6.77. The molecule has 0 atom stereocenters. The normalized spacial score (nSPS) is 11.8. The summed E-state index contributed by atoms with van der Waals surface area (Å²) in [7, 11) is 0. The highest BCUT2D eigenvalue weighted by Gasteiger charge is 2.16. The van der Waals surface area contributed by atoms with Gasteiger partial charge in [0, 0.05) is 24.2 Å². The molecule has 3 nitrogen and oxygen atoms in total. The summed E-state index contributed by atoms with van der Waals surface area (Å²) in [6.07, 6.45) is 5.82. The maximum absolute atomic E-state index is 4.82. The van der Waals surface area contributed by atoms with Crippen LogP contribution in [0.5, 0.6) is 0 Å². The first-order valence-corrected chi connectivity index (χ1v) is 18.5. The molecular formula is C51H33N3. The van der Waals surface area contributed by atoms with Gasteiger partial charge in [-0.25, -0.2) is 9.97 Å². The molecule has 11 rings (SSSR count). The van der Waals surface area contributed by atoms with Crippen LogP contribution in [0.25, 0.3) is 104 Å². The molecule has 0 spiro atoms. The van der Waals surface area contributed by atoms with Gasteiger partial charge < -0.3 is 0 Å². The van der Waals surface area contributed by atoms with Crippen LogP contribution in [0, 0.1) is 6.92 Å². The van der Waals surface area contributed by atoms with Gasteiger partial charge in [0.15, 0.2) is 0 Å². The molecule has 0 fully saturated rings. The first-order chi connectivity index (χ1) is 26.7. The van der Waals surface area contributed by atoms with E-state index < -0.39 is 0 Å². The van der Waals surface area contributed by atoms with Crippen molar-refractivity contribution < 1.29 is 0 Å². The van der Waals surface area contributed by atoms with Gasteiger partial charge in [-0.2, -0.15) is 0 Å². The summed E-state index contributed by atoms with van der Waals surface area (Å²) in [6.45, 7) is 2.23. The number of fused-ring (bicyclic) bond motifs is 8. The number of hydrogen-bond acceptors (Lipinski definition) is 2. The van der Waals surface area contributed by atoms with Crippen LogP contribution in [0.3, 0.4) is 0 Å². The molecule has 54 heavy (non-hydrogen) atoms.